The van der Waals surface area contributed by atoms with E-state index in [4.69, 9.17) is 37.4 Å². The van der Waals surface area contributed by atoms with Gasteiger partial charge in [0.2, 0.25) is 0 Å². The van der Waals surface area contributed by atoms with Gasteiger partial charge in [0.05, 0.1) is 0 Å². The third kappa shape index (κ3) is 79.1. The van der Waals surface area contributed by atoms with Crippen LogP contribution in [-0.4, -0.2) is 63.8 Å². The summed E-state index contributed by atoms with van der Waals surface area (Å²) in [4.78, 5) is 29.3. The SMILES string of the molecule is O=S(=O)(O)OO.O[Si](O)(O)O.[AlH3]. The van der Waals surface area contributed by atoms with Gasteiger partial charge in [0, 0.05) is 0 Å². The summed E-state index contributed by atoms with van der Waals surface area (Å²) >= 11 is 0. The lowest BCUT2D eigenvalue weighted by molar-refractivity contribution is -0.139. The van der Waals surface area contributed by atoms with E-state index in [-0.39, 0.29) is 17.4 Å². The molecule has 0 radical (unpaired) electrons. The predicted octanol–water partition coefficient (Wildman–Crippen LogP) is -4.51. The van der Waals surface area contributed by atoms with Crippen molar-refractivity contribution in [1.82, 2.24) is 0 Å². The maximum absolute atomic E-state index is 9.08. The van der Waals surface area contributed by atoms with Crippen LogP contribution in [0.2, 0.25) is 0 Å². The molecule has 0 rings (SSSR count). The van der Waals surface area contributed by atoms with Crippen LogP contribution in [0.5, 0.6) is 0 Å². The molecule has 0 aliphatic carbocycles. The molecule has 0 atom stereocenters. The minimum Gasteiger partial charge on any atom is -0.368 e. The van der Waals surface area contributed by atoms with Crippen molar-refractivity contribution in [2.24, 2.45) is 0 Å². The Morgan fingerprint density at radius 3 is 1.17 bits per heavy atom. The molecule has 0 aliphatic rings. The summed E-state index contributed by atoms with van der Waals surface area (Å²) in [6.07, 6.45) is 0. The maximum Gasteiger partial charge on any atom is 0.668 e. The zero-order valence-electron chi connectivity index (χ0n) is 4.82. The molecule has 0 aromatic heterocycles. The Bertz CT molecular complexity index is 169. The maximum atomic E-state index is 9.08. The minimum atomic E-state index is -4.61. The standard InChI is InChI=1S/Al.H2O5S.H4O4Si.3H/c;1-5-6(2,3)4;1-5(2,3)4;;;/h;1H,(H,2,3,4);1-4H;;;. The summed E-state index contributed by atoms with van der Waals surface area (Å²) in [5.41, 5.74) is 0. The zero-order chi connectivity index (χ0) is 9.71. The van der Waals surface area contributed by atoms with E-state index in [9.17, 15) is 0 Å². The Morgan fingerprint density at radius 2 is 1.17 bits per heavy atom. The van der Waals surface area contributed by atoms with Crippen LogP contribution in [0.25, 0.3) is 0 Å². The molecule has 0 heterocycles. The van der Waals surface area contributed by atoms with Gasteiger partial charge in [-0.05, 0) is 0 Å². The van der Waals surface area contributed by atoms with Crippen molar-refractivity contribution in [1.29, 1.82) is 0 Å². The molecule has 0 aromatic rings. The number of hydrogen-bond donors (Lipinski definition) is 6. The van der Waals surface area contributed by atoms with Gasteiger partial charge in [-0.3, -0.25) is 4.55 Å². The largest absolute Gasteiger partial charge is 0.668 e. The van der Waals surface area contributed by atoms with Crippen LogP contribution in [0.4, 0.5) is 0 Å². The minimum absolute atomic E-state index is 0. The van der Waals surface area contributed by atoms with Crippen LogP contribution in [0.3, 0.4) is 0 Å². The van der Waals surface area contributed by atoms with Crippen molar-refractivity contribution in [2.75, 3.05) is 0 Å². The van der Waals surface area contributed by atoms with Gasteiger partial charge in [-0.25, -0.2) is 5.26 Å². The Labute approximate surface area is 79.0 Å². The van der Waals surface area contributed by atoms with Gasteiger partial charge in [0.1, 0.15) is 0 Å². The van der Waals surface area contributed by atoms with Gasteiger partial charge in [0.25, 0.3) is 0 Å². The van der Waals surface area contributed by atoms with Crippen LogP contribution in [0.1, 0.15) is 0 Å². The molecule has 0 fully saturated rings. The van der Waals surface area contributed by atoms with E-state index in [0.717, 1.165) is 0 Å². The molecule has 0 saturated heterocycles. The lowest BCUT2D eigenvalue weighted by atomic mass is 15.0. The molecule has 0 aliphatic heterocycles. The van der Waals surface area contributed by atoms with Crippen molar-refractivity contribution in [3.63, 3.8) is 0 Å². The molecule has 0 amide bonds. The Hall–Kier alpha value is 0.419. The average molecular weight is 240 g/mol. The van der Waals surface area contributed by atoms with Gasteiger partial charge < -0.3 is 19.2 Å². The first-order valence-corrected chi connectivity index (χ1v) is 4.91. The Balaban J connectivity index is -0.000000126. The molecule has 0 spiro atoms. The summed E-state index contributed by atoms with van der Waals surface area (Å²) in [6.45, 7) is 0. The van der Waals surface area contributed by atoms with Crippen molar-refractivity contribution >= 4 is 36.8 Å². The summed E-state index contributed by atoms with van der Waals surface area (Å²) < 4.78 is 28.0. The van der Waals surface area contributed by atoms with E-state index in [2.05, 4.69) is 4.33 Å². The van der Waals surface area contributed by atoms with Gasteiger partial charge in [-0.2, -0.15) is 8.42 Å². The van der Waals surface area contributed by atoms with Gasteiger partial charge in [-0.15, -0.1) is 0 Å². The molecule has 0 aromatic carbocycles. The second kappa shape index (κ2) is 6.88. The van der Waals surface area contributed by atoms with Crippen LogP contribution in [0.15, 0.2) is 0 Å². The van der Waals surface area contributed by atoms with E-state index in [0.29, 0.717) is 0 Å². The first-order valence-electron chi connectivity index (χ1n) is 1.76. The highest BCUT2D eigenvalue weighted by molar-refractivity contribution is 7.80. The highest BCUT2D eigenvalue weighted by atomic mass is 32.3. The van der Waals surface area contributed by atoms with Gasteiger partial charge in [0.15, 0.2) is 17.4 Å². The fourth-order valence-electron chi connectivity index (χ4n) is 0. The lowest BCUT2D eigenvalue weighted by Crippen LogP contribution is -2.33. The van der Waals surface area contributed by atoms with Gasteiger partial charge in [-0.1, -0.05) is 4.33 Å². The second-order valence-electron chi connectivity index (χ2n) is 1.10. The monoisotopic (exact) mass is 240 g/mol. The molecule has 12 heteroatoms. The van der Waals surface area contributed by atoms with E-state index in [1.54, 1.807) is 0 Å². The van der Waals surface area contributed by atoms with E-state index < -0.39 is 19.4 Å². The van der Waals surface area contributed by atoms with Crippen molar-refractivity contribution < 1.29 is 41.7 Å². The summed E-state index contributed by atoms with van der Waals surface area (Å²) in [5, 5.41) is 7.06. The van der Waals surface area contributed by atoms with Crippen molar-refractivity contribution in [2.45, 2.75) is 0 Å². The molecular formula is H9AlO9SSi. The molecular weight excluding hydrogens is 231 g/mol. The van der Waals surface area contributed by atoms with Gasteiger partial charge >= 0.3 is 19.4 Å². The lowest BCUT2D eigenvalue weighted by Gasteiger charge is -1.91. The summed E-state index contributed by atoms with van der Waals surface area (Å²) in [6, 6.07) is 0. The quantitative estimate of drug-likeness (QED) is 0.115. The number of hydrogen-bond acceptors (Lipinski definition) is 8. The summed E-state index contributed by atoms with van der Waals surface area (Å²) in [5.74, 6) is 0. The Morgan fingerprint density at radius 1 is 1.08 bits per heavy atom. The third-order valence-electron chi connectivity index (χ3n) is 0.0942. The predicted molar refractivity (Wildman–Crippen MR) is 39.8 cm³/mol. The first-order chi connectivity index (χ1) is 4.56. The fraction of sp³-hybridized carbons (Fsp3) is 0. The van der Waals surface area contributed by atoms with Crippen molar-refractivity contribution in [3.05, 3.63) is 0 Å². The fourth-order valence-corrected chi connectivity index (χ4v) is 0. The van der Waals surface area contributed by atoms with Crippen molar-refractivity contribution in [3.8, 4) is 0 Å². The van der Waals surface area contributed by atoms with Crippen LogP contribution >= 0.6 is 0 Å². The highest BCUT2D eigenvalue weighted by Crippen LogP contribution is 1.74. The van der Waals surface area contributed by atoms with E-state index in [1.165, 1.54) is 0 Å². The molecule has 0 bridgehead atoms. The topological polar surface area (TPSA) is 165 Å². The van der Waals surface area contributed by atoms with Crippen LogP contribution in [-0.2, 0) is 14.7 Å². The van der Waals surface area contributed by atoms with Crippen LogP contribution in [0, 0.1) is 0 Å². The molecule has 9 nitrogen and oxygen atoms in total. The van der Waals surface area contributed by atoms with E-state index in [1.807, 2.05) is 0 Å². The smallest absolute Gasteiger partial charge is 0.368 e. The highest BCUT2D eigenvalue weighted by Gasteiger charge is 2.22. The zero-order valence-corrected chi connectivity index (χ0v) is 6.63. The molecule has 6 N–H and O–H groups in total. The normalized spacial score (nSPS) is 10.8. The molecule has 12 heavy (non-hydrogen) atoms. The molecule has 0 unspecified atom stereocenters. The second-order valence-corrected chi connectivity index (χ2v) is 3.31. The van der Waals surface area contributed by atoms with Crippen LogP contribution < -0.4 is 0 Å². The summed E-state index contributed by atoms with van der Waals surface area (Å²) in [7, 11) is -9.22. The first kappa shape index (κ1) is 18.3. The Kier molecular flexibility index (Phi) is 10.5. The van der Waals surface area contributed by atoms with E-state index >= 15 is 0 Å². The average Bonchev–Trinajstić information content (AvgIpc) is 1.59. The third-order valence-corrected chi connectivity index (χ3v) is 0.283. The number of rotatable bonds is 1. The molecule has 0 saturated carbocycles. The molecule has 76 valence electrons.